The van der Waals surface area contributed by atoms with Crippen LogP contribution in [0.15, 0.2) is 22.7 Å². The van der Waals surface area contributed by atoms with Gasteiger partial charge in [-0.1, -0.05) is 49.2 Å². The van der Waals surface area contributed by atoms with Crippen molar-refractivity contribution in [2.45, 2.75) is 53.5 Å². The summed E-state index contributed by atoms with van der Waals surface area (Å²) in [4.78, 5) is 2.47. The van der Waals surface area contributed by atoms with Gasteiger partial charge in [-0.2, -0.15) is 0 Å². The van der Waals surface area contributed by atoms with Gasteiger partial charge in [-0.25, -0.2) is 0 Å². The van der Waals surface area contributed by atoms with Gasteiger partial charge < -0.3 is 10.2 Å². The summed E-state index contributed by atoms with van der Waals surface area (Å²) < 4.78 is 1.21. The van der Waals surface area contributed by atoms with Crippen LogP contribution in [0.3, 0.4) is 0 Å². The second-order valence-electron chi connectivity index (χ2n) is 5.93. The summed E-state index contributed by atoms with van der Waals surface area (Å²) in [6.07, 6.45) is 2.40. The topological polar surface area (TPSA) is 15.3 Å². The fourth-order valence-electron chi connectivity index (χ4n) is 2.46. The van der Waals surface area contributed by atoms with Crippen LogP contribution >= 0.6 is 15.9 Å². The van der Waals surface area contributed by atoms with E-state index in [0.717, 1.165) is 25.6 Å². The van der Waals surface area contributed by atoms with Gasteiger partial charge in [-0.15, -0.1) is 0 Å². The van der Waals surface area contributed by atoms with Gasteiger partial charge in [-0.05, 0) is 50.4 Å². The van der Waals surface area contributed by atoms with Crippen LogP contribution in [0.2, 0.25) is 0 Å². The van der Waals surface area contributed by atoms with Crippen LogP contribution in [-0.2, 0) is 0 Å². The third-order valence-electron chi connectivity index (χ3n) is 4.13. The van der Waals surface area contributed by atoms with Gasteiger partial charge in [0.25, 0.3) is 0 Å². The van der Waals surface area contributed by atoms with Crippen LogP contribution in [0.4, 0.5) is 5.69 Å². The fourth-order valence-corrected chi connectivity index (χ4v) is 3.17. The van der Waals surface area contributed by atoms with E-state index in [-0.39, 0.29) is 0 Å². The maximum atomic E-state index is 3.75. The summed E-state index contributed by atoms with van der Waals surface area (Å²) in [7, 11) is 0. The van der Waals surface area contributed by atoms with E-state index in [2.05, 4.69) is 79.0 Å². The zero-order chi connectivity index (χ0) is 15.8. The SMILES string of the molecule is CCCNC(C)c1ccc(N(CC)CC(C)CC)cc1Br. The normalized spacial score (nSPS) is 14.0. The third-order valence-corrected chi connectivity index (χ3v) is 4.81. The number of rotatable bonds is 9. The highest BCUT2D eigenvalue weighted by Crippen LogP contribution is 2.29. The van der Waals surface area contributed by atoms with Crippen molar-refractivity contribution < 1.29 is 0 Å². The number of benzene rings is 1. The van der Waals surface area contributed by atoms with Crippen LogP contribution in [0.1, 0.15) is 59.1 Å². The minimum atomic E-state index is 0.387. The Morgan fingerprint density at radius 3 is 2.43 bits per heavy atom. The van der Waals surface area contributed by atoms with E-state index in [1.54, 1.807) is 0 Å². The van der Waals surface area contributed by atoms with Crippen molar-refractivity contribution in [3.8, 4) is 0 Å². The van der Waals surface area contributed by atoms with E-state index in [4.69, 9.17) is 0 Å². The monoisotopic (exact) mass is 354 g/mol. The molecule has 3 heteroatoms. The Morgan fingerprint density at radius 2 is 1.90 bits per heavy atom. The van der Waals surface area contributed by atoms with Gasteiger partial charge in [0.05, 0.1) is 0 Å². The number of nitrogens with zero attached hydrogens (tertiary/aromatic N) is 1. The minimum Gasteiger partial charge on any atom is -0.372 e. The van der Waals surface area contributed by atoms with Crippen molar-refractivity contribution in [2.75, 3.05) is 24.5 Å². The molecule has 0 aliphatic heterocycles. The molecule has 0 aliphatic carbocycles. The average molecular weight is 355 g/mol. The van der Waals surface area contributed by atoms with Crippen molar-refractivity contribution >= 4 is 21.6 Å². The largest absolute Gasteiger partial charge is 0.372 e. The van der Waals surface area contributed by atoms with Crippen molar-refractivity contribution in [1.82, 2.24) is 5.32 Å². The molecule has 0 aromatic heterocycles. The molecule has 0 bridgehead atoms. The molecule has 21 heavy (non-hydrogen) atoms. The fraction of sp³-hybridized carbons (Fsp3) is 0.667. The lowest BCUT2D eigenvalue weighted by molar-refractivity contribution is 0.547. The number of hydrogen-bond donors (Lipinski definition) is 1. The average Bonchev–Trinajstić information content (AvgIpc) is 2.49. The first-order valence-electron chi connectivity index (χ1n) is 8.31. The first-order valence-corrected chi connectivity index (χ1v) is 9.10. The van der Waals surface area contributed by atoms with E-state index in [1.165, 1.54) is 28.6 Å². The summed E-state index contributed by atoms with van der Waals surface area (Å²) >= 11 is 3.75. The lowest BCUT2D eigenvalue weighted by atomic mass is 10.1. The lowest BCUT2D eigenvalue weighted by Gasteiger charge is -2.27. The molecular formula is C18H31BrN2. The molecule has 2 unspecified atom stereocenters. The van der Waals surface area contributed by atoms with E-state index in [9.17, 15) is 0 Å². The highest BCUT2D eigenvalue weighted by molar-refractivity contribution is 9.10. The standard InChI is InChI=1S/C18H31BrN2/c1-6-11-20-15(5)17-10-9-16(12-18(17)19)21(8-3)13-14(4)7-2/h9-10,12,14-15,20H,6-8,11,13H2,1-5H3. The maximum absolute atomic E-state index is 3.75. The maximum Gasteiger partial charge on any atom is 0.0377 e. The number of hydrogen-bond acceptors (Lipinski definition) is 2. The van der Waals surface area contributed by atoms with E-state index in [1.807, 2.05) is 0 Å². The first kappa shape index (κ1) is 18.5. The van der Waals surface area contributed by atoms with Gasteiger partial charge in [0.1, 0.15) is 0 Å². The van der Waals surface area contributed by atoms with Gasteiger partial charge in [-0.3, -0.25) is 0 Å². The first-order chi connectivity index (χ1) is 10.0. The van der Waals surface area contributed by atoms with E-state index >= 15 is 0 Å². The molecule has 0 fully saturated rings. The Hall–Kier alpha value is -0.540. The Morgan fingerprint density at radius 1 is 1.19 bits per heavy atom. The number of anilines is 1. The highest BCUT2D eigenvalue weighted by atomic mass is 79.9. The van der Waals surface area contributed by atoms with Crippen LogP contribution in [0.5, 0.6) is 0 Å². The summed E-state index contributed by atoms with van der Waals surface area (Å²) in [5, 5.41) is 3.55. The van der Waals surface area contributed by atoms with Gasteiger partial charge in [0.2, 0.25) is 0 Å². The van der Waals surface area contributed by atoms with Gasteiger partial charge >= 0.3 is 0 Å². The molecule has 0 amide bonds. The van der Waals surface area contributed by atoms with Gasteiger partial charge in [0, 0.05) is 29.3 Å². The summed E-state index contributed by atoms with van der Waals surface area (Å²) in [6, 6.07) is 7.17. The van der Waals surface area contributed by atoms with E-state index < -0.39 is 0 Å². The Bertz CT molecular complexity index is 420. The molecule has 1 N–H and O–H groups in total. The second-order valence-corrected chi connectivity index (χ2v) is 6.79. The van der Waals surface area contributed by atoms with Crippen LogP contribution < -0.4 is 10.2 Å². The molecular weight excluding hydrogens is 324 g/mol. The highest BCUT2D eigenvalue weighted by Gasteiger charge is 2.13. The van der Waals surface area contributed by atoms with Crippen molar-refractivity contribution in [3.63, 3.8) is 0 Å². The molecule has 2 atom stereocenters. The van der Waals surface area contributed by atoms with Crippen LogP contribution in [0, 0.1) is 5.92 Å². The molecule has 2 nitrogen and oxygen atoms in total. The molecule has 0 spiro atoms. The molecule has 0 saturated carbocycles. The van der Waals surface area contributed by atoms with Gasteiger partial charge in [0.15, 0.2) is 0 Å². The molecule has 1 rings (SSSR count). The van der Waals surface area contributed by atoms with Crippen molar-refractivity contribution in [2.24, 2.45) is 5.92 Å². The number of nitrogens with one attached hydrogen (secondary N) is 1. The Kier molecular flexibility index (Phi) is 8.35. The summed E-state index contributed by atoms with van der Waals surface area (Å²) in [5.74, 6) is 0.730. The molecule has 120 valence electrons. The predicted molar refractivity (Wildman–Crippen MR) is 98.2 cm³/mol. The zero-order valence-electron chi connectivity index (χ0n) is 14.2. The summed E-state index contributed by atoms with van der Waals surface area (Å²) in [6.45, 7) is 14.5. The second kappa shape index (κ2) is 9.47. The molecule has 0 aliphatic rings. The summed E-state index contributed by atoms with van der Waals surface area (Å²) in [5.41, 5.74) is 2.66. The van der Waals surface area contributed by atoms with Crippen molar-refractivity contribution in [1.29, 1.82) is 0 Å². The van der Waals surface area contributed by atoms with Crippen LogP contribution in [0.25, 0.3) is 0 Å². The molecule has 0 heterocycles. The Labute approximate surface area is 139 Å². The molecule has 0 saturated heterocycles. The van der Waals surface area contributed by atoms with E-state index in [0.29, 0.717) is 6.04 Å². The smallest absolute Gasteiger partial charge is 0.0377 e. The lowest BCUT2D eigenvalue weighted by Crippen LogP contribution is -2.28. The zero-order valence-corrected chi connectivity index (χ0v) is 15.8. The minimum absolute atomic E-state index is 0.387. The number of halogens is 1. The molecule has 1 aromatic carbocycles. The molecule has 0 radical (unpaired) electrons. The Balaban J connectivity index is 2.84. The predicted octanol–water partition coefficient (Wildman–Crippen LogP) is 5.38. The van der Waals surface area contributed by atoms with Crippen molar-refractivity contribution in [3.05, 3.63) is 28.2 Å². The quantitative estimate of drug-likeness (QED) is 0.640. The van der Waals surface area contributed by atoms with Crippen LogP contribution in [-0.4, -0.2) is 19.6 Å². The third kappa shape index (κ3) is 5.63. The molecule has 1 aromatic rings.